The lowest BCUT2D eigenvalue weighted by Gasteiger charge is -1.98. The minimum atomic E-state index is -4.02. The maximum absolute atomic E-state index is 10.5. The highest BCUT2D eigenvalue weighted by Crippen LogP contribution is 2.22. The van der Waals surface area contributed by atoms with Crippen LogP contribution in [0, 0.1) is 6.92 Å². The number of halogens is 2. The van der Waals surface area contributed by atoms with Crippen molar-refractivity contribution in [3.8, 4) is 0 Å². The first kappa shape index (κ1) is 20.9. The van der Waals surface area contributed by atoms with Crippen LogP contribution in [-0.2, 0) is 10.1 Å². The van der Waals surface area contributed by atoms with Crippen LogP contribution >= 0.6 is 23.2 Å². The SMILES string of the molecule is Cc1ccc(S(=O)(=O)O)cc1.NC(N)=N/N=C/c1c(Cl)cccc1Cl. The molecule has 0 radical (unpaired) electrons. The molecule has 25 heavy (non-hydrogen) atoms. The number of hydrogen-bond acceptors (Lipinski definition) is 4. The van der Waals surface area contributed by atoms with Crippen LogP contribution in [-0.4, -0.2) is 25.1 Å². The fraction of sp³-hybridized carbons (Fsp3) is 0.0667. The zero-order valence-electron chi connectivity index (χ0n) is 13.1. The zero-order valence-corrected chi connectivity index (χ0v) is 15.4. The Kier molecular flexibility index (Phi) is 7.85. The van der Waals surface area contributed by atoms with Gasteiger partial charge in [0.25, 0.3) is 10.1 Å². The van der Waals surface area contributed by atoms with Crippen molar-refractivity contribution in [2.45, 2.75) is 11.8 Å². The first-order valence-electron chi connectivity index (χ1n) is 6.71. The Morgan fingerprint density at radius 2 is 1.60 bits per heavy atom. The first-order chi connectivity index (χ1) is 11.6. The third kappa shape index (κ3) is 7.53. The fourth-order valence-electron chi connectivity index (χ4n) is 1.50. The van der Waals surface area contributed by atoms with Gasteiger partial charge in [0.15, 0.2) is 0 Å². The maximum Gasteiger partial charge on any atom is 0.294 e. The van der Waals surface area contributed by atoms with E-state index < -0.39 is 10.1 Å². The summed E-state index contributed by atoms with van der Waals surface area (Å²) in [5, 5.41) is 8.02. The molecule has 0 aromatic heterocycles. The minimum absolute atomic E-state index is 0.0666. The highest BCUT2D eigenvalue weighted by atomic mass is 35.5. The molecule has 5 N–H and O–H groups in total. The number of rotatable bonds is 3. The molecular weight excluding hydrogens is 387 g/mol. The van der Waals surface area contributed by atoms with Gasteiger partial charge < -0.3 is 11.5 Å². The molecule has 0 saturated carbocycles. The summed E-state index contributed by atoms with van der Waals surface area (Å²) in [6, 6.07) is 11.1. The van der Waals surface area contributed by atoms with Gasteiger partial charge >= 0.3 is 0 Å². The molecule has 0 aliphatic heterocycles. The van der Waals surface area contributed by atoms with Gasteiger partial charge in [-0.1, -0.05) is 47.0 Å². The summed E-state index contributed by atoms with van der Waals surface area (Å²) in [5.41, 5.74) is 11.7. The average Bonchev–Trinajstić information content (AvgIpc) is 2.50. The normalized spacial score (nSPS) is 10.9. The van der Waals surface area contributed by atoms with Crippen LogP contribution in [0.15, 0.2) is 57.6 Å². The Bertz CT molecular complexity index is 858. The van der Waals surface area contributed by atoms with Gasteiger partial charge in [0.05, 0.1) is 21.2 Å². The molecule has 2 rings (SSSR count). The van der Waals surface area contributed by atoms with Gasteiger partial charge in [0.1, 0.15) is 0 Å². The van der Waals surface area contributed by atoms with Crippen LogP contribution in [0.2, 0.25) is 10.0 Å². The lowest BCUT2D eigenvalue weighted by atomic mass is 10.2. The van der Waals surface area contributed by atoms with Gasteiger partial charge in [-0.3, -0.25) is 4.55 Å². The summed E-state index contributed by atoms with van der Waals surface area (Å²) in [7, 11) is -4.02. The van der Waals surface area contributed by atoms with E-state index >= 15 is 0 Å². The third-order valence-corrected chi connectivity index (χ3v) is 4.21. The molecule has 0 aliphatic carbocycles. The molecule has 0 unspecified atom stereocenters. The lowest BCUT2D eigenvalue weighted by Crippen LogP contribution is -2.21. The first-order valence-corrected chi connectivity index (χ1v) is 8.91. The van der Waals surface area contributed by atoms with Crippen molar-refractivity contribution in [3.63, 3.8) is 0 Å². The summed E-state index contributed by atoms with van der Waals surface area (Å²) in [6.45, 7) is 1.84. The van der Waals surface area contributed by atoms with Gasteiger partial charge in [-0.2, -0.15) is 13.5 Å². The van der Waals surface area contributed by atoms with E-state index in [0.717, 1.165) is 5.56 Å². The number of guanidine groups is 1. The van der Waals surface area contributed by atoms with Crippen LogP contribution in [0.4, 0.5) is 0 Å². The van der Waals surface area contributed by atoms with E-state index in [1.807, 2.05) is 6.92 Å². The van der Waals surface area contributed by atoms with Crippen LogP contribution in [0.5, 0.6) is 0 Å². The molecule has 0 saturated heterocycles. The van der Waals surface area contributed by atoms with E-state index in [4.69, 9.17) is 39.2 Å². The average molecular weight is 403 g/mol. The Labute approximate surface area is 155 Å². The molecule has 0 fully saturated rings. The predicted octanol–water partition coefficient (Wildman–Crippen LogP) is 2.84. The highest BCUT2D eigenvalue weighted by molar-refractivity contribution is 7.85. The van der Waals surface area contributed by atoms with Crippen molar-refractivity contribution in [2.24, 2.45) is 21.7 Å². The van der Waals surface area contributed by atoms with Gasteiger partial charge in [0.2, 0.25) is 5.96 Å². The number of hydrogen-bond donors (Lipinski definition) is 3. The zero-order chi connectivity index (χ0) is 19.0. The molecule has 0 aliphatic rings. The van der Waals surface area contributed by atoms with Crippen molar-refractivity contribution in [3.05, 3.63) is 63.6 Å². The van der Waals surface area contributed by atoms with Crippen molar-refractivity contribution < 1.29 is 13.0 Å². The number of nitrogens with zero attached hydrogens (tertiary/aromatic N) is 2. The van der Waals surface area contributed by atoms with Crippen molar-refractivity contribution in [2.75, 3.05) is 0 Å². The van der Waals surface area contributed by atoms with E-state index in [1.54, 1.807) is 30.3 Å². The molecule has 2 aromatic carbocycles. The minimum Gasteiger partial charge on any atom is -0.369 e. The molecule has 10 heteroatoms. The van der Waals surface area contributed by atoms with Gasteiger partial charge in [-0.15, -0.1) is 5.10 Å². The van der Waals surface area contributed by atoms with E-state index in [-0.39, 0.29) is 10.9 Å². The van der Waals surface area contributed by atoms with Crippen LogP contribution in [0.1, 0.15) is 11.1 Å². The van der Waals surface area contributed by atoms with Gasteiger partial charge in [-0.25, -0.2) is 0 Å². The number of aryl methyl sites for hydroxylation is 1. The monoisotopic (exact) mass is 402 g/mol. The van der Waals surface area contributed by atoms with Gasteiger partial charge in [-0.05, 0) is 31.2 Å². The molecule has 0 amide bonds. The fourth-order valence-corrected chi connectivity index (χ4v) is 2.47. The summed E-state index contributed by atoms with van der Waals surface area (Å²) in [4.78, 5) is -0.0666. The highest BCUT2D eigenvalue weighted by Gasteiger charge is 2.06. The summed E-state index contributed by atoms with van der Waals surface area (Å²) < 4.78 is 29.6. The van der Waals surface area contributed by atoms with E-state index in [1.165, 1.54) is 18.3 Å². The summed E-state index contributed by atoms with van der Waals surface area (Å²) in [5.74, 6) is -0.121. The Morgan fingerprint density at radius 1 is 1.08 bits per heavy atom. The summed E-state index contributed by atoms with van der Waals surface area (Å²) in [6.07, 6.45) is 1.39. The molecule has 7 nitrogen and oxygen atoms in total. The number of nitrogens with two attached hydrogens (primary N) is 2. The topological polar surface area (TPSA) is 131 Å². The van der Waals surface area contributed by atoms with Gasteiger partial charge in [0, 0.05) is 5.56 Å². The van der Waals surface area contributed by atoms with E-state index in [9.17, 15) is 8.42 Å². The third-order valence-electron chi connectivity index (χ3n) is 2.68. The second kappa shape index (κ2) is 9.38. The molecule has 0 bridgehead atoms. The molecule has 0 heterocycles. The smallest absolute Gasteiger partial charge is 0.294 e. The predicted molar refractivity (Wildman–Crippen MR) is 101 cm³/mol. The molecular formula is C15H16Cl2N4O3S. The lowest BCUT2D eigenvalue weighted by molar-refractivity contribution is 0.483. The van der Waals surface area contributed by atoms with Crippen molar-refractivity contribution in [1.82, 2.24) is 0 Å². The summed E-state index contributed by atoms with van der Waals surface area (Å²) >= 11 is 11.7. The van der Waals surface area contributed by atoms with Crippen molar-refractivity contribution in [1.29, 1.82) is 0 Å². The maximum atomic E-state index is 10.5. The molecule has 2 aromatic rings. The van der Waals surface area contributed by atoms with Crippen molar-refractivity contribution >= 4 is 45.5 Å². The Morgan fingerprint density at radius 3 is 2.04 bits per heavy atom. The number of benzene rings is 2. The largest absolute Gasteiger partial charge is 0.369 e. The Balaban J connectivity index is 0.000000257. The van der Waals surface area contributed by atoms with Crippen LogP contribution in [0.3, 0.4) is 0 Å². The second-order valence-corrected chi connectivity index (χ2v) is 6.93. The van der Waals surface area contributed by atoms with E-state index in [2.05, 4.69) is 10.2 Å². The quantitative estimate of drug-likeness (QED) is 0.314. The molecule has 134 valence electrons. The van der Waals surface area contributed by atoms with Crippen LogP contribution in [0.25, 0.3) is 0 Å². The Hall–Kier alpha value is -2.13. The standard InChI is InChI=1S/C8H8Cl2N4.C7H8O3S/c9-6-2-1-3-7(10)5(6)4-13-14-8(11)12;1-6-2-4-7(5-3-6)11(8,9)10/h1-4H,(H4,11,12,14);2-5H,1H3,(H,8,9,10)/b13-4+;. The molecule has 0 atom stereocenters. The molecule has 0 spiro atoms. The van der Waals surface area contributed by atoms with Crippen LogP contribution < -0.4 is 11.5 Å². The second-order valence-electron chi connectivity index (χ2n) is 4.69. The van der Waals surface area contributed by atoms with E-state index in [0.29, 0.717) is 15.6 Å².